The van der Waals surface area contributed by atoms with E-state index in [1.54, 1.807) is 6.07 Å². The average molecular weight is 372 g/mol. The number of hydrogen-bond donors (Lipinski definition) is 1. The summed E-state index contributed by atoms with van der Waals surface area (Å²) in [7, 11) is 1.53. The molecule has 0 saturated carbocycles. The minimum absolute atomic E-state index is 0.0167. The van der Waals surface area contributed by atoms with Crippen molar-refractivity contribution in [2.24, 2.45) is 0 Å². The number of nitrogens with zero attached hydrogens (tertiary/aromatic N) is 1. The lowest BCUT2D eigenvalue weighted by Gasteiger charge is -2.23. The van der Waals surface area contributed by atoms with Gasteiger partial charge >= 0.3 is 0 Å². The molecule has 1 heterocycles. The van der Waals surface area contributed by atoms with Gasteiger partial charge in [0.15, 0.2) is 11.5 Å². The van der Waals surface area contributed by atoms with Crippen LogP contribution in [0.25, 0.3) is 0 Å². The highest BCUT2D eigenvalue weighted by Gasteiger charge is 2.21. The van der Waals surface area contributed by atoms with Crippen LogP contribution in [-0.2, 0) is 17.9 Å². The molecule has 0 bridgehead atoms. The number of ether oxygens (including phenoxy) is 3. The van der Waals surface area contributed by atoms with Gasteiger partial charge in [0.2, 0.25) is 0 Å². The van der Waals surface area contributed by atoms with Crippen molar-refractivity contribution in [1.29, 1.82) is 0 Å². The molecule has 0 amide bonds. The van der Waals surface area contributed by atoms with E-state index in [9.17, 15) is 10.1 Å². The molecule has 1 unspecified atom stereocenters. The van der Waals surface area contributed by atoms with Crippen molar-refractivity contribution in [3.8, 4) is 11.5 Å². The highest BCUT2D eigenvalue weighted by atomic mass is 16.6. The SMILES string of the molecule is COc1cc(CNC2CCCOC2)c([N+](=O)[O-])cc1OCc1ccccc1. The number of methoxy groups -OCH3 is 1. The van der Waals surface area contributed by atoms with E-state index in [0.717, 1.165) is 25.0 Å². The molecule has 3 rings (SSSR count). The van der Waals surface area contributed by atoms with Gasteiger partial charge in [-0.05, 0) is 24.5 Å². The molecular formula is C20H24N2O5. The van der Waals surface area contributed by atoms with Crippen LogP contribution in [0, 0.1) is 10.1 Å². The van der Waals surface area contributed by atoms with Gasteiger partial charge in [0.05, 0.1) is 24.7 Å². The van der Waals surface area contributed by atoms with Gasteiger partial charge in [-0.3, -0.25) is 10.1 Å². The Morgan fingerprint density at radius 1 is 1.26 bits per heavy atom. The van der Waals surface area contributed by atoms with Gasteiger partial charge in [-0.1, -0.05) is 30.3 Å². The number of nitro benzene ring substituents is 1. The zero-order chi connectivity index (χ0) is 19.1. The Labute approximate surface area is 158 Å². The van der Waals surface area contributed by atoms with Crippen molar-refractivity contribution in [1.82, 2.24) is 5.32 Å². The van der Waals surface area contributed by atoms with Crippen LogP contribution in [0.15, 0.2) is 42.5 Å². The first kappa shape index (κ1) is 19.1. The van der Waals surface area contributed by atoms with E-state index in [-0.39, 0.29) is 16.7 Å². The lowest BCUT2D eigenvalue weighted by molar-refractivity contribution is -0.385. The van der Waals surface area contributed by atoms with E-state index >= 15 is 0 Å². The molecule has 1 atom stereocenters. The molecule has 1 fully saturated rings. The van der Waals surface area contributed by atoms with Gasteiger partial charge in [-0.15, -0.1) is 0 Å². The van der Waals surface area contributed by atoms with Crippen molar-refractivity contribution >= 4 is 5.69 Å². The predicted molar refractivity (Wildman–Crippen MR) is 101 cm³/mol. The molecular weight excluding hydrogens is 348 g/mol. The van der Waals surface area contributed by atoms with E-state index in [1.807, 2.05) is 30.3 Å². The minimum Gasteiger partial charge on any atom is -0.493 e. The summed E-state index contributed by atoms with van der Waals surface area (Å²) in [6.07, 6.45) is 2.00. The summed E-state index contributed by atoms with van der Waals surface area (Å²) >= 11 is 0. The maximum Gasteiger partial charge on any atom is 0.277 e. The number of benzene rings is 2. The number of hydrogen-bond acceptors (Lipinski definition) is 6. The predicted octanol–water partition coefficient (Wildman–Crippen LogP) is 3.45. The fourth-order valence-electron chi connectivity index (χ4n) is 3.07. The van der Waals surface area contributed by atoms with E-state index in [2.05, 4.69) is 5.32 Å². The first-order valence-electron chi connectivity index (χ1n) is 9.00. The Morgan fingerprint density at radius 3 is 2.74 bits per heavy atom. The molecule has 0 aromatic heterocycles. The fourth-order valence-corrected chi connectivity index (χ4v) is 3.07. The molecule has 1 aliphatic rings. The van der Waals surface area contributed by atoms with Gasteiger partial charge in [-0.2, -0.15) is 0 Å². The van der Waals surface area contributed by atoms with E-state index in [1.165, 1.54) is 13.2 Å². The summed E-state index contributed by atoms with van der Waals surface area (Å²) in [5.41, 5.74) is 1.56. The number of nitrogens with one attached hydrogen (secondary N) is 1. The second kappa shape index (κ2) is 9.34. The summed E-state index contributed by atoms with van der Waals surface area (Å²) in [5, 5.41) is 14.9. The molecule has 7 nitrogen and oxygen atoms in total. The van der Waals surface area contributed by atoms with Crippen LogP contribution >= 0.6 is 0 Å². The van der Waals surface area contributed by atoms with Crippen LogP contribution in [0.3, 0.4) is 0 Å². The molecule has 1 saturated heterocycles. The third kappa shape index (κ3) is 5.18. The minimum atomic E-state index is -0.386. The third-order valence-electron chi connectivity index (χ3n) is 4.54. The van der Waals surface area contributed by atoms with Crippen molar-refractivity contribution in [3.05, 3.63) is 63.7 Å². The van der Waals surface area contributed by atoms with Crippen molar-refractivity contribution in [3.63, 3.8) is 0 Å². The summed E-state index contributed by atoms with van der Waals surface area (Å²) in [6.45, 7) is 2.09. The highest BCUT2D eigenvalue weighted by molar-refractivity contribution is 5.54. The van der Waals surface area contributed by atoms with Crippen molar-refractivity contribution < 1.29 is 19.1 Å². The number of rotatable bonds is 8. The Kier molecular flexibility index (Phi) is 6.62. The van der Waals surface area contributed by atoms with Crippen molar-refractivity contribution in [2.75, 3.05) is 20.3 Å². The zero-order valence-electron chi connectivity index (χ0n) is 15.3. The van der Waals surface area contributed by atoms with E-state index in [0.29, 0.717) is 36.8 Å². The molecule has 144 valence electrons. The second-order valence-electron chi connectivity index (χ2n) is 6.46. The van der Waals surface area contributed by atoms with Crippen LogP contribution in [0.5, 0.6) is 11.5 Å². The maximum atomic E-state index is 11.6. The summed E-state index contributed by atoms with van der Waals surface area (Å²) in [6, 6.07) is 13.0. The Hall–Kier alpha value is -2.64. The van der Waals surface area contributed by atoms with E-state index in [4.69, 9.17) is 14.2 Å². The summed E-state index contributed by atoms with van der Waals surface area (Å²) in [5.74, 6) is 0.839. The molecule has 7 heteroatoms. The first-order chi connectivity index (χ1) is 13.2. The second-order valence-corrected chi connectivity index (χ2v) is 6.46. The highest BCUT2D eigenvalue weighted by Crippen LogP contribution is 2.35. The molecule has 2 aromatic carbocycles. The lowest BCUT2D eigenvalue weighted by Crippen LogP contribution is -2.36. The molecule has 2 aromatic rings. The lowest BCUT2D eigenvalue weighted by atomic mass is 10.1. The fraction of sp³-hybridized carbons (Fsp3) is 0.400. The molecule has 1 N–H and O–H groups in total. The van der Waals surface area contributed by atoms with Crippen molar-refractivity contribution in [2.45, 2.75) is 32.0 Å². The molecule has 27 heavy (non-hydrogen) atoms. The van der Waals surface area contributed by atoms with Crippen LogP contribution < -0.4 is 14.8 Å². The first-order valence-corrected chi connectivity index (χ1v) is 9.00. The Balaban J connectivity index is 1.76. The van der Waals surface area contributed by atoms with Gasteiger partial charge in [0.25, 0.3) is 5.69 Å². The van der Waals surface area contributed by atoms with E-state index < -0.39 is 0 Å². The Morgan fingerprint density at radius 2 is 2.07 bits per heavy atom. The van der Waals surface area contributed by atoms with Gasteiger partial charge < -0.3 is 19.5 Å². The normalized spacial score (nSPS) is 16.7. The average Bonchev–Trinajstić information content (AvgIpc) is 2.72. The van der Waals surface area contributed by atoms with Crippen LogP contribution in [0.4, 0.5) is 5.69 Å². The topological polar surface area (TPSA) is 82.9 Å². The summed E-state index contributed by atoms with van der Waals surface area (Å²) in [4.78, 5) is 11.2. The molecule has 0 radical (unpaired) electrons. The third-order valence-corrected chi connectivity index (χ3v) is 4.54. The van der Waals surface area contributed by atoms with Crippen LogP contribution in [0.1, 0.15) is 24.0 Å². The summed E-state index contributed by atoms with van der Waals surface area (Å²) < 4.78 is 16.6. The van der Waals surface area contributed by atoms with Gasteiger partial charge in [0.1, 0.15) is 6.61 Å². The van der Waals surface area contributed by atoms with Crippen LogP contribution in [-0.4, -0.2) is 31.3 Å². The smallest absolute Gasteiger partial charge is 0.277 e. The van der Waals surface area contributed by atoms with Gasteiger partial charge in [-0.25, -0.2) is 0 Å². The standard InChI is InChI=1S/C20H24N2O5/c1-25-19-10-16(12-21-17-8-5-9-26-14-17)18(22(23)24)11-20(19)27-13-15-6-3-2-4-7-15/h2-4,6-7,10-11,17,21H,5,8-9,12-14H2,1H3. The monoisotopic (exact) mass is 372 g/mol. The zero-order valence-corrected chi connectivity index (χ0v) is 15.3. The van der Waals surface area contributed by atoms with Crippen LogP contribution in [0.2, 0.25) is 0 Å². The molecule has 0 aliphatic carbocycles. The quantitative estimate of drug-likeness (QED) is 0.564. The molecule has 0 spiro atoms. The molecule has 1 aliphatic heterocycles. The van der Waals surface area contributed by atoms with Gasteiger partial charge in [0, 0.05) is 24.8 Å². The maximum absolute atomic E-state index is 11.6. The Bertz CT molecular complexity index is 760. The largest absolute Gasteiger partial charge is 0.493 e. The number of nitro groups is 1.